The maximum Gasteiger partial charge on any atom is 0.416 e. The number of carbonyl (C=O) groups excluding carboxylic acids is 2. The minimum atomic E-state index is -4.56. The molecule has 0 aliphatic carbocycles. The zero-order chi connectivity index (χ0) is 26.4. The summed E-state index contributed by atoms with van der Waals surface area (Å²) in [6.07, 6.45) is -1.63. The van der Waals surface area contributed by atoms with Gasteiger partial charge in [0.25, 0.3) is 11.8 Å². The van der Waals surface area contributed by atoms with Gasteiger partial charge in [-0.15, -0.1) is 0 Å². The quantitative estimate of drug-likeness (QED) is 0.256. The Bertz CT molecular complexity index is 1410. The summed E-state index contributed by atoms with van der Waals surface area (Å²) in [5.41, 5.74) is 1.53. The Hall–Kier alpha value is -4.73. The largest absolute Gasteiger partial charge is 0.416 e. The second-order valence-corrected chi connectivity index (χ2v) is 8.15. The van der Waals surface area contributed by atoms with Crippen LogP contribution in [0.25, 0.3) is 0 Å². The van der Waals surface area contributed by atoms with Crippen LogP contribution in [0.15, 0.2) is 85.2 Å². The van der Waals surface area contributed by atoms with Crippen LogP contribution in [0.1, 0.15) is 44.8 Å². The molecule has 0 saturated carbocycles. The summed E-state index contributed by atoms with van der Waals surface area (Å²) in [5, 5.41) is 8.34. The third kappa shape index (κ3) is 7.16. The summed E-state index contributed by atoms with van der Waals surface area (Å²) in [4.78, 5) is 33.8. The molecule has 3 N–H and O–H groups in total. The molecule has 1 heterocycles. The van der Waals surface area contributed by atoms with Gasteiger partial charge in [-0.3, -0.25) is 9.59 Å². The van der Waals surface area contributed by atoms with Crippen molar-refractivity contribution in [2.24, 2.45) is 0 Å². The highest BCUT2D eigenvalue weighted by Crippen LogP contribution is 2.29. The highest BCUT2D eigenvalue weighted by atomic mass is 19.4. The number of amides is 2. The van der Waals surface area contributed by atoms with Crippen LogP contribution in [0.4, 0.5) is 30.5 Å². The van der Waals surface area contributed by atoms with Gasteiger partial charge in [-0.05, 0) is 48.4 Å². The standard InChI is InChI=1S/C27H22F3N5O2.CH4/c1-17-10-11-21(34-24(36)19-8-5-9-20(12-19)27(28,29)30)13-23(17)25(37)35-22-15-32-26(33-16-22)31-14-18-6-3-2-4-7-18;/h2-13,15-16H,14H2,1H3,(H,34,36)(H,35,37)(H,31,32,33);1H4. The third-order valence-corrected chi connectivity index (χ3v) is 5.40. The third-order valence-electron chi connectivity index (χ3n) is 5.40. The number of hydrogen-bond acceptors (Lipinski definition) is 5. The van der Waals surface area contributed by atoms with E-state index in [1.807, 2.05) is 30.3 Å². The van der Waals surface area contributed by atoms with Gasteiger partial charge in [-0.25, -0.2) is 9.97 Å². The summed E-state index contributed by atoms with van der Waals surface area (Å²) >= 11 is 0. The molecule has 4 aromatic rings. The van der Waals surface area contributed by atoms with E-state index in [2.05, 4.69) is 25.9 Å². The minimum absolute atomic E-state index is 0. The molecule has 0 fully saturated rings. The summed E-state index contributed by atoms with van der Waals surface area (Å²) in [6, 6.07) is 18.5. The maximum absolute atomic E-state index is 13.0. The highest BCUT2D eigenvalue weighted by Gasteiger charge is 2.30. The first-order chi connectivity index (χ1) is 17.7. The Morgan fingerprint density at radius 2 is 1.50 bits per heavy atom. The maximum atomic E-state index is 13.0. The van der Waals surface area contributed by atoms with Crippen molar-refractivity contribution in [2.75, 3.05) is 16.0 Å². The normalized spacial score (nSPS) is 10.7. The van der Waals surface area contributed by atoms with Crippen LogP contribution in [0, 0.1) is 6.92 Å². The van der Waals surface area contributed by atoms with Crippen molar-refractivity contribution in [1.82, 2.24) is 9.97 Å². The molecule has 4 rings (SSSR count). The number of nitrogens with one attached hydrogen (secondary N) is 3. The lowest BCUT2D eigenvalue weighted by Crippen LogP contribution is -2.17. The van der Waals surface area contributed by atoms with Crippen LogP contribution < -0.4 is 16.0 Å². The highest BCUT2D eigenvalue weighted by molar-refractivity contribution is 6.08. The van der Waals surface area contributed by atoms with E-state index in [0.29, 0.717) is 23.7 Å². The van der Waals surface area contributed by atoms with Gasteiger partial charge in [0.15, 0.2) is 0 Å². The lowest BCUT2D eigenvalue weighted by molar-refractivity contribution is -0.137. The molecule has 0 spiro atoms. The molecule has 0 saturated heterocycles. The summed E-state index contributed by atoms with van der Waals surface area (Å²) in [7, 11) is 0. The van der Waals surface area contributed by atoms with Crippen LogP contribution >= 0.6 is 0 Å². The molecule has 0 unspecified atom stereocenters. The molecular weight excluding hydrogens is 495 g/mol. The molecular formula is C28H26F3N5O2. The molecule has 3 aromatic carbocycles. The predicted octanol–water partition coefficient (Wildman–Crippen LogP) is 6.56. The second-order valence-electron chi connectivity index (χ2n) is 8.15. The first-order valence-corrected chi connectivity index (χ1v) is 11.2. The Morgan fingerprint density at radius 3 is 2.18 bits per heavy atom. The Balaban J connectivity index is 0.00000400. The lowest BCUT2D eigenvalue weighted by atomic mass is 10.1. The molecule has 2 amide bonds. The van der Waals surface area contributed by atoms with E-state index in [-0.39, 0.29) is 24.2 Å². The number of halogens is 3. The smallest absolute Gasteiger partial charge is 0.350 e. The van der Waals surface area contributed by atoms with Crippen molar-refractivity contribution in [3.8, 4) is 0 Å². The van der Waals surface area contributed by atoms with Gasteiger partial charge >= 0.3 is 6.18 Å². The molecule has 10 heteroatoms. The number of aromatic nitrogens is 2. The fourth-order valence-corrected chi connectivity index (χ4v) is 3.44. The second kappa shape index (κ2) is 12.0. The van der Waals surface area contributed by atoms with Crippen LogP contribution in [0.2, 0.25) is 0 Å². The van der Waals surface area contributed by atoms with E-state index in [0.717, 1.165) is 23.8 Å². The van der Waals surface area contributed by atoms with Gasteiger partial charge in [0.05, 0.1) is 23.6 Å². The number of nitrogens with zero attached hydrogens (tertiary/aromatic N) is 2. The average Bonchev–Trinajstić information content (AvgIpc) is 2.89. The van der Waals surface area contributed by atoms with Crippen LogP contribution in [-0.4, -0.2) is 21.8 Å². The van der Waals surface area contributed by atoms with Crippen molar-refractivity contribution >= 4 is 29.1 Å². The first-order valence-electron chi connectivity index (χ1n) is 11.2. The summed E-state index contributed by atoms with van der Waals surface area (Å²) < 4.78 is 38.9. The summed E-state index contributed by atoms with van der Waals surface area (Å²) in [5.74, 6) is -0.785. The molecule has 0 atom stereocenters. The number of aryl methyl sites for hydroxylation is 1. The fraction of sp³-hybridized carbons (Fsp3) is 0.143. The molecule has 38 heavy (non-hydrogen) atoms. The fourth-order valence-electron chi connectivity index (χ4n) is 3.44. The van der Waals surface area contributed by atoms with E-state index in [4.69, 9.17) is 0 Å². The molecule has 1 aromatic heterocycles. The number of anilines is 3. The zero-order valence-electron chi connectivity index (χ0n) is 19.6. The Labute approximate surface area is 218 Å². The monoisotopic (exact) mass is 521 g/mol. The zero-order valence-corrected chi connectivity index (χ0v) is 19.6. The van der Waals surface area contributed by atoms with E-state index in [9.17, 15) is 22.8 Å². The van der Waals surface area contributed by atoms with E-state index >= 15 is 0 Å². The van der Waals surface area contributed by atoms with Crippen molar-refractivity contribution < 1.29 is 22.8 Å². The molecule has 0 aliphatic rings. The van der Waals surface area contributed by atoms with E-state index in [1.54, 1.807) is 19.1 Å². The number of hydrogen-bond donors (Lipinski definition) is 3. The average molecular weight is 522 g/mol. The van der Waals surface area contributed by atoms with Gasteiger partial charge in [-0.2, -0.15) is 13.2 Å². The molecule has 7 nitrogen and oxygen atoms in total. The van der Waals surface area contributed by atoms with Crippen LogP contribution in [-0.2, 0) is 12.7 Å². The predicted molar refractivity (Wildman–Crippen MR) is 141 cm³/mol. The first kappa shape index (κ1) is 27.9. The van der Waals surface area contributed by atoms with Gasteiger partial charge < -0.3 is 16.0 Å². The van der Waals surface area contributed by atoms with E-state index in [1.165, 1.54) is 24.5 Å². The number of rotatable bonds is 7. The van der Waals surface area contributed by atoms with Gasteiger partial charge in [0, 0.05) is 23.4 Å². The van der Waals surface area contributed by atoms with E-state index < -0.39 is 23.6 Å². The van der Waals surface area contributed by atoms with Crippen LogP contribution in [0.5, 0.6) is 0 Å². The van der Waals surface area contributed by atoms with Gasteiger partial charge in [0.2, 0.25) is 5.95 Å². The molecule has 0 bridgehead atoms. The molecule has 0 aliphatic heterocycles. The minimum Gasteiger partial charge on any atom is -0.350 e. The topological polar surface area (TPSA) is 96.0 Å². The SMILES string of the molecule is C.Cc1ccc(NC(=O)c2cccc(C(F)(F)F)c2)cc1C(=O)Nc1cnc(NCc2ccccc2)nc1. The Morgan fingerprint density at radius 1 is 0.816 bits per heavy atom. The lowest BCUT2D eigenvalue weighted by Gasteiger charge is -2.12. The number of benzene rings is 3. The van der Waals surface area contributed by atoms with Crippen molar-refractivity contribution in [3.63, 3.8) is 0 Å². The van der Waals surface area contributed by atoms with Gasteiger partial charge in [-0.1, -0.05) is 49.9 Å². The molecule has 196 valence electrons. The number of carbonyl (C=O) groups is 2. The number of alkyl halides is 3. The van der Waals surface area contributed by atoms with Crippen LogP contribution in [0.3, 0.4) is 0 Å². The Kier molecular flexibility index (Phi) is 8.80. The van der Waals surface area contributed by atoms with Crippen molar-refractivity contribution in [1.29, 1.82) is 0 Å². The van der Waals surface area contributed by atoms with Crippen molar-refractivity contribution in [2.45, 2.75) is 27.1 Å². The molecule has 0 radical (unpaired) electrons. The summed E-state index contributed by atoms with van der Waals surface area (Å²) in [6.45, 7) is 2.27. The van der Waals surface area contributed by atoms with Crippen molar-refractivity contribution in [3.05, 3.63) is 113 Å². The van der Waals surface area contributed by atoms with Gasteiger partial charge in [0.1, 0.15) is 0 Å².